The summed E-state index contributed by atoms with van der Waals surface area (Å²) in [5, 5.41) is 16.8. The van der Waals surface area contributed by atoms with Crippen molar-refractivity contribution >= 4 is 35.5 Å². The molecule has 2 aliphatic rings. The third-order valence-electron chi connectivity index (χ3n) is 6.37. The fraction of sp³-hybridized carbons (Fsp3) is 0.500. The van der Waals surface area contributed by atoms with Gasteiger partial charge in [-0.25, -0.2) is 18.4 Å². The predicted molar refractivity (Wildman–Crippen MR) is 149 cm³/mol. The summed E-state index contributed by atoms with van der Waals surface area (Å²) < 4.78 is 48.4. The molecule has 0 spiro atoms. The molecule has 2 N–H and O–H groups in total. The van der Waals surface area contributed by atoms with Crippen LogP contribution in [0.5, 0.6) is 0 Å². The van der Waals surface area contributed by atoms with Crippen molar-refractivity contribution in [2.45, 2.75) is 59.8 Å². The Hall–Kier alpha value is -2.22. The van der Waals surface area contributed by atoms with Crippen molar-refractivity contribution in [1.29, 1.82) is 0 Å². The van der Waals surface area contributed by atoms with Crippen LogP contribution in [-0.2, 0) is 18.9 Å². The molecule has 0 bridgehead atoms. The number of hydrogen-bond acceptors (Lipinski definition) is 10. The number of aliphatic hydroxyl groups is 2. The van der Waals surface area contributed by atoms with Crippen molar-refractivity contribution in [2.75, 3.05) is 27.4 Å². The number of methoxy groups -OCH3 is 2. The topological polar surface area (TPSA) is 112 Å². The number of thioether (sulfide) groups is 2. The first-order valence-electron chi connectivity index (χ1n) is 12.5. The lowest BCUT2D eigenvalue weighted by molar-refractivity contribution is -0.0175. The van der Waals surface area contributed by atoms with Gasteiger partial charge < -0.3 is 29.2 Å². The van der Waals surface area contributed by atoms with Crippen LogP contribution >= 0.6 is 23.5 Å². The maximum Gasteiger partial charge on any atom is 0.338 e. The first-order valence-corrected chi connectivity index (χ1v) is 14.4. The van der Waals surface area contributed by atoms with Gasteiger partial charge in [-0.05, 0) is 38.1 Å². The Morgan fingerprint density at radius 3 is 1.73 bits per heavy atom. The van der Waals surface area contributed by atoms with Crippen LogP contribution in [0, 0.1) is 13.8 Å². The van der Waals surface area contributed by atoms with E-state index in [9.17, 15) is 18.4 Å². The highest BCUT2D eigenvalue weighted by Gasteiger charge is 2.48. The van der Waals surface area contributed by atoms with Crippen LogP contribution in [-0.4, -0.2) is 95.5 Å². The highest BCUT2D eigenvalue weighted by Crippen LogP contribution is 2.39. The van der Waals surface area contributed by atoms with Gasteiger partial charge >= 0.3 is 11.9 Å². The molecular weight excluding hydrogens is 566 g/mol. The van der Waals surface area contributed by atoms with Crippen molar-refractivity contribution in [3.05, 3.63) is 70.8 Å². The molecule has 8 nitrogen and oxygen atoms in total. The number of halogens is 2. The SMILES string of the molecule is COC1S[C@H](CO)[C@@H](O)[C@@H]1F.COC1S[C@H](COC(=O)c2ccc(C)cc2)[C@@H](OC(=O)c2ccc(C)cc2)[C@@H]1F. The van der Waals surface area contributed by atoms with E-state index in [2.05, 4.69) is 0 Å². The maximum atomic E-state index is 14.8. The van der Waals surface area contributed by atoms with Gasteiger partial charge in [-0.2, -0.15) is 0 Å². The van der Waals surface area contributed by atoms with Crippen LogP contribution < -0.4 is 0 Å². The van der Waals surface area contributed by atoms with Crippen molar-refractivity contribution in [3.63, 3.8) is 0 Å². The Kier molecular flexibility index (Phi) is 12.2. The van der Waals surface area contributed by atoms with E-state index < -0.39 is 57.9 Å². The monoisotopic (exact) mass is 600 g/mol. The van der Waals surface area contributed by atoms with E-state index in [0.29, 0.717) is 11.1 Å². The summed E-state index contributed by atoms with van der Waals surface area (Å²) in [4.78, 5) is 24.7. The summed E-state index contributed by atoms with van der Waals surface area (Å²) >= 11 is 2.28. The number of carbonyl (C=O) groups excluding carboxylic acids is 2. The molecular formula is C28H34F2O8S2. The minimum atomic E-state index is -1.53. The zero-order chi connectivity index (χ0) is 29.4. The average molecular weight is 601 g/mol. The van der Waals surface area contributed by atoms with Gasteiger partial charge in [-0.3, -0.25) is 0 Å². The largest absolute Gasteiger partial charge is 0.461 e. The molecule has 0 radical (unpaired) electrons. The summed E-state index contributed by atoms with van der Waals surface area (Å²) in [7, 11) is 2.78. The second-order valence-corrected chi connectivity index (χ2v) is 12.0. The number of carbonyl (C=O) groups is 2. The summed E-state index contributed by atoms with van der Waals surface area (Å²) in [6.45, 7) is 3.51. The molecule has 0 amide bonds. The first kappa shape index (κ1) is 32.3. The number of aryl methyl sites for hydroxylation is 2. The Bertz CT molecular complexity index is 1090. The number of alkyl halides is 2. The number of aliphatic hydroxyl groups excluding tert-OH is 2. The lowest BCUT2D eigenvalue weighted by Gasteiger charge is -2.20. The molecule has 8 atom stereocenters. The highest BCUT2D eigenvalue weighted by molar-refractivity contribution is 8.01. The van der Waals surface area contributed by atoms with Crippen molar-refractivity contribution in [2.24, 2.45) is 0 Å². The maximum absolute atomic E-state index is 14.8. The molecule has 2 aliphatic heterocycles. The predicted octanol–water partition coefficient (Wildman–Crippen LogP) is 3.88. The summed E-state index contributed by atoms with van der Waals surface area (Å²) in [5.74, 6) is -1.13. The van der Waals surface area contributed by atoms with Crippen molar-refractivity contribution in [1.82, 2.24) is 0 Å². The van der Waals surface area contributed by atoms with E-state index in [1.54, 1.807) is 36.4 Å². The second-order valence-electron chi connectivity index (χ2n) is 9.32. The van der Waals surface area contributed by atoms with Gasteiger partial charge in [0.05, 0.1) is 28.2 Å². The Balaban J connectivity index is 0.000000336. The second kappa shape index (κ2) is 15.1. The molecule has 0 aliphatic carbocycles. The fourth-order valence-electron chi connectivity index (χ4n) is 3.99. The zero-order valence-electron chi connectivity index (χ0n) is 22.6. The lowest BCUT2D eigenvalue weighted by atomic mass is 10.1. The summed E-state index contributed by atoms with van der Waals surface area (Å²) in [6.07, 6.45) is -5.09. The van der Waals surface area contributed by atoms with Gasteiger partial charge in [0.25, 0.3) is 0 Å². The molecule has 0 saturated carbocycles. The minimum absolute atomic E-state index is 0.0937. The van der Waals surface area contributed by atoms with Gasteiger partial charge in [0.1, 0.15) is 23.6 Å². The molecule has 40 heavy (non-hydrogen) atoms. The molecule has 2 fully saturated rings. The lowest BCUT2D eigenvalue weighted by Crippen LogP contribution is -2.37. The van der Waals surface area contributed by atoms with E-state index in [0.717, 1.165) is 34.7 Å². The zero-order valence-corrected chi connectivity index (χ0v) is 24.2. The Morgan fingerprint density at radius 2 is 1.27 bits per heavy atom. The average Bonchev–Trinajstić information content (AvgIpc) is 3.42. The Labute approximate surface area is 240 Å². The smallest absolute Gasteiger partial charge is 0.338 e. The standard InChI is InChI=1S/C22H23FO5S.C6H11FO3S/c1-13-4-8-15(9-5-13)20(24)27-12-17-19(18(23)22(26-3)29-17)28-21(25)16-10-6-14(2)7-11-16;1-10-6-4(7)5(9)3(2-8)11-6/h4-11,17-19,22H,12H2,1-3H3;3-6,8-9H,2H2,1H3/t17-,18+,19-,22?;3-,4+,5-,6?/m11/s1. The van der Waals surface area contributed by atoms with Crippen LogP contribution in [0.2, 0.25) is 0 Å². The Morgan fingerprint density at radius 1 is 0.800 bits per heavy atom. The molecule has 2 saturated heterocycles. The van der Waals surface area contributed by atoms with E-state index in [-0.39, 0.29) is 13.2 Å². The number of ether oxygens (including phenoxy) is 4. The molecule has 2 aromatic rings. The number of hydrogen-bond donors (Lipinski definition) is 2. The number of esters is 2. The molecule has 0 aromatic heterocycles. The molecule has 12 heteroatoms. The summed E-state index contributed by atoms with van der Waals surface area (Å²) in [6, 6.07) is 13.8. The van der Waals surface area contributed by atoms with E-state index in [1.165, 1.54) is 14.2 Å². The van der Waals surface area contributed by atoms with Gasteiger partial charge in [0.2, 0.25) is 0 Å². The van der Waals surface area contributed by atoms with Gasteiger partial charge in [-0.15, -0.1) is 23.5 Å². The van der Waals surface area contributed by atoms with Crippen LogP contribution in [0.3, 0.4) is 0 Å². The summed E-state index contributed by atoms with van der Waals surface area (Å²) in [5.41, 5.74) is 1.34. The van der Waals surface area contributed by atoms with Gasteiger partial charge in [0, 0.05) is 14.2 Å². The normalized spacial score (nSPS) is 29.4. The van der Waals surface area contributed by atoms with Crippen LogP contribution in [0.1, 0.15) is 31.8 Å². The molecule has 2 unspecified atom stereocenters. The van der Waals surface area contributed by atoms with Crippen LogP contribution in [0.15, 0.2) is 48.5 Å². The van der Waals surface area contributed by atoms with Gasteiger partial charge in [0.15, 0.2) is 18.4 Å². The van der Waals surface area contributed by atoms with Crippen LogP contribution in [0.4, 0.5) is 8.78 Å². The van der Waals surface area contributed by atoms with Gasteiger partial charge in [-0.1, -0.05) is 35.4 Å². The number of benzene rings is 2. The first-order chi connectivity index (χ1) is 19.1. The third kappa shape index (κ3) is 8.17. The van der Waals surface area contributed by atoms with Crippen molar-refractivity contribution < 1.29 is 47.5 Å². The van der Waals surface area contributed by atoms with E-state index >= 15 is 0 Å². The fourth-order valence-corrected chi connectivity index (χ4v) is 6.42. The molecule has 2 aromatic carbocycles. The molecule has 2 heterocycles. The quantitative estimate of drug-likeness (QED) is 0.433. The molecule has 220 valence electrons. The minimum Gasteiger partial charge on any atom is -0.461 e. The molecule has 4 rings (SSSR count). The number of rotatable bonds is 8. The third-order valence-corrected chi connectivity index (χ3v) is 9.34. The van der Waals surface area contributed by atoms with E-state index in [1.807, 2.05) is 26.0 Å². The van der Waals surface area contributed by atoms with E-state index in [4.69, 9.17) is 29.2 Å². The highest BCUT2D eigenvalue weighted by atomic mass is 32.2. The van der Waals surface area contributed by atoms with Crippen molar-refractivity contribution in [3.8, 4) is 0 Å². The van der Waals surface area contributed by atoms with Crippen LogP contribution in [0.25, 0.3) is 0 Å².